The van der Waals surface area contributed by atoms with Crippen molar-refractivity contribution in [2.45, 2.75) is 46.7 Å². The highest BCUT2D eigenvalue weighted by molar-refractivity contribution is 5.74. The number of hydrogen-bond donors (Lipinski definition) is 0. The van der Waals surface area contributed by atoms with Crippen molar-refractivity contribution in [1.82, 2.24) is 0 Å². The van der Waals surface area contributed by atoms with Gasteiger partial charge < -0.3 is 9.80 Å². The Balaban J connectivity index is 1.37. The molecule has 0 radical (unpaired) electrons. The number of anilines is 2. The minimum absolute atomic E-state index is 0.205. The summed E-state index contributed by atoms with van der Waals surface area (Å²) in [6.45, 7) is 8.92. The fraction of sp³-hybridized carbons (Fsp3) is 0.212. The molecule has 0 amide bonds. The molecule has 0 spiro atoms. The molecule has 0 N–H and O–H groups in total. The van der Waals surface area contributed by atoms with Crippen molar-refractivity contribution in [3.05, 3.63) is 120 Å². The third-order valence-electron chi connectivity index (χ3n) is 7.25. The Labute approximate surface area is 210 Å². The molecule has 1 atom stereocenters. The zero-order valence-corrected chi connectivity index (χ0v) is 21.2. The van der Waals surface area contributed by atoms with Gasteiger partial charge in [0.1, 0.15) is 6.17 Å². The smallest absolute Gasteiger partial charge is 0.107 e. The van der Waals surface area contributed by atoms with E-state index in [0.29, 0.717) is 0 Å². The molecule has 35 heavy (non-hydrogen) atoms. The lowest BCUT2D eigenvalue weighted by Gasteiger charge is -2.31. The van der Waals surface area contributed by atoms with Crippen LogP contribution in [-0.4, -0.2) is 6.17 Å². The number of nitrogens with zero attached hydrogens (tertiary/aromatic N) is 2. The van der Waals surface area contributed by atoms with Crippen molar-refractivity contribution in [3.8, 4) is 22.3 Å². The summed E-state index contributed by atoms with van der Waals surface area (Å²) in [5.41, 5.74) is 11.8. The maximum absolute atomic E-state index is 2.37. The van der Waals surface area contributed by atoms with Crippen LogP contribution in [0.5, 0.6) is 0 Å². The van der Waals surface area contributed by atoms with Crippen LogP contribution in [0.3, 0.4) is 0 Å². The standard InChI is InChI=1S/C33H34N2/c1-5-26-11-7-9-13-31(26)28-15-18-30(19-16-28)34-21-22-35(25(34)4)33-20-17-29(23-24(33)3)32-14-10-8-12-27(32)6-2/h7-23,25H,5-6H2,1-4H3. The molecule has 0 saturated heterocycles. The van der Waals surface area contributed by atoms with E-state index in [-0.39, 0.29) is 6.17 Å². The summed E-state index contributed by atoms with van der Waals surface area (Å²) >= 11 is 0. The molecule has 1 aliphatic rings. The van der Waals surface area contributed by atoms with E-state index in [1.54, 1.807) is 0 Å². The van der Waals surface area contributed by atoms with Gasteiger partial charge in [-0.3, -0.25) is 0 Å². The highest BCUT2D eigenvalue weighted by Gasteiger charge is 2.25. The van der Waals surface area contributed by atoms with Crippen molar-refractivity contribution in [1.29, 1.82) is 0 Å². The number of hydrogen-bond acceptors (Lipinski definition) is 2. The van der Waals surface area contributed by atoms with Gasteiger partial charge in [0.05, 0.1) is 0 Å². The zero-order valence-electron chi connectivity index (χ0n) is 21.2. The van der Waals surface area contributed by atoms with Gasteiger partial charge in [0.2, 0.25) is 0 Å². The van der Waals surface area contributed by atoms with E-state index in [4.69, 9.17) is 0 Å². The summed E-state index contributed by atoms with van der Waals surface area (Å²) in [6.07, 6.45) is 6.68. The quantitative estimate of drug-likeness (QED) is 0.285. The predicted octanol–water partition coefficient (Wildman–Crippen LogP) is 8.60. The summed E-state index contributed by atoms with van der Waals surface area (Å²) in [4.78, 5) is 4.71. The van der Waals surface area contributed by atoms with Gasteiger partial charge in [-0.1, -0.05) is 80.6 Å². The summed E-state index contributed by atoms with van der Waals surface area (Å²) in [5.74, 6) is 0. The molecular weight excluding hydrogens is 424 g/mol. The Morgan fingerprint density at radius 1 is 0.629 bits per heavy atom. The lowest BCUT2D eigenvalue weighted by molar-refractivity contribution is 0.748. The molecule has 2 heteroatoms. The van der Waals surface area contributed by atoms with Gasteiger partial charge in [-0.2, -0.15) is 0 Å². The highest BCUT2D eigenvalue weighted by atomic mass is 15.4. The van der Waals surface area contributed by atoms with Crippen LogP contribution < -0.4 is 9.80 Å². The first-order valence-electron chi connectivity index (χ1n) is 12.7. The Hall–Kier alpha value is -3.78. The van der Waals surface area contributed by atoms with Gasteiger partial charge >= 0.3 is 0 Å². The molecule has 0 aromatic heterocycles. The van der Waals surface area contributed by atoms with E-state index < -0.39 is 0 Å². The van der Waals surface area contributed by atoms with Crippen molar-refractivity contribution in [2.75, 3.05) is 9.80 Å². The molecule has 0 aliphatic carbocycles. The minimum atomic E-state index is 0.205. The van der Waals surface area contributed by atoms with E-state index in [0.717, 1.165) is 12.8 Å². The van der Waals surface area contributed by atoms with Gasteiger partial charge in [-0.05, 0) is 89.9 Å². The van der Waals surface area contributed by atoms with Crippen LogP contribution in [0, 0.1) is 6.92 Å². The molecule has 176 valence electrons. The van der Waals surface area contributed by atoms with Crippen LogP contribution in [0.1, 0.15) is 37.5 Å². The van der Waals surface area contributed by atoms with Gasteiger partial charge in [-0.25, -0.2) is 0 Å². The number of aryl methyl sites for hydroxylation is 3. The molecule has 1 heterocycles. The second-order valence-electron chi connectivity index (χ2n) is 9.31. The molecule has 1 aliphatic heterocycles. The molecule has 5 rings (SSSR count). The molecule has 0 saturated carbocycles. The van der Waals surface area contributed by atoms with Crippen LogP contribution in [0.2, 0.25) is 0 Å². The minimum Gasteiger partial charge on any atom is -0.326 e. The van der Waals surface area contributed by atoms with E-state index in [9.17, 15) is 0 Å². The van der Waals surface area contributed by atoms with Gasteiger partial charge in [-0.15, -0.1) is 0 Å². The zero-order chi connectivity index (χ0) is 24.4. The van der Waals surface area contributed by atoms with Crippen LogP contribution in [-0.2, 0) is 12.8 Å². The molecule has 1 unspecified atom stereocenters. The van der Waals surface area contributed by atoms with Gasteiger partial charge in [0.15, 0.2) is 0 Å². The molecular formula is C33H34N2. The van der Waals surface area contributed by atoms with Crippen molar-refractivity contribution in [3.63, 3.8) is 0 Å². The summed E-state index contributed by atoms with van der Waals surface area (Å²) in [5, 5.41) is 0. The Bertz CT molecular complexity index is 1350. The first-order chi connectivity index (χ1) is 17.1. The molecule has 2 nitrogen and oxygen atoms in total. The second kappa shape index (κ2) is 9.84. The Morgan fingerprint density at radius 3 is 1.77 bits per heavy atom. The number of rotatable bonds is 6. The van der Waals surface area contributed by atoms with E-state index >= 15 is 0 Å². The van der Waals surface area contributed by atoms with Crippen molar-refractivity contribution < 1.29 is 0 Å². The first-order valence-corrected chi connectivity index (χ1v) is 12.7. The summed E-state index contributed by atoms with van der Waals surface area (Å²) in [7, 11) is 0. The second-order valence-corrected chi connectivity index (χ2v) is 9.31. The third-order valence-corrected chi connectivity index (χ3v) is 7.25. The van der Waals surface area contributed by atoms with Crippen molar-refractivity contribution in [2.24, 2.45) is 0 Å². The third kappa shape index (κ3) is 4.37. The van der Waals surface area contributed by atoms with Gasteiger partial charge in [0.25, 0.3) is 0 Å². The maximum Gasteiger partial charge on any atom is 0.107 e. The molecule has 4 aromatic rings. The predicted molar refractivity (Wildman–Crippen MR) is 151 cm³/mol. The van der Waals surface area contributed by atoms with Crippen molar-refractivity contribution >= 4 is 11.4 Å². The average molecular weight is 459 g/mol. The number of benzene rings is 4. The van der Waals surface area contributed by atoms with E-state index in [2.05, 4.69) is 141 Å². The summed E-state index contributed by atoms with van der Waals surface area (Å²) < 4.78 is 0. The SMILES string of the molecule is CCc1ccccc1-c1ccc(N2C=CN(c3ccc(-c4ccccc4CC)cc3C)C2C)cc1. The lowest BCUT2D eigenvalue weighted by Crippen LogP contribution is -2.36. The fourth-order valence-corrected chi connectivity index (χ4v) is 5.26. The lowest BCUT2D eigenvalue weighted by atomic mass is 9.96. The normalized spacial score (nSPS) is 15.1. The van der Waals surface area contributed by atoms with E-state index in [1.165, 1.54) is 50.3 Å². The topological polar surface area (TPSA) is 6.48 Å². The highest BCUT2D eigenvalue weighted by Crippen LogP contribution is 2.35. The largest absolute Gasteiger partial charge is 0.326 e. The summed E-state index contributed by atoms with van der Waals surface area (Å²) in [6, 6.07) is 33.3. The fourth-order valence-electron chi connectivity index (χ4n) is 5.26. The van der Waals surface area contributed by atoms with Crippen LogP contribution >= 0.6 is 0 Å². The monoisotopic (exact) mass is 458 g/mol. The van der Waals surface area contributed by atoms with Crippen LogP contribution in [0.15, 0.2) is 103 Å². The first kappa shape index (κ1) is 23.0. The van der Waals surface area contributed by atoms with Crippen LogP contribution in [0.4, 0.5) is 11.4 Å². The Morgan fingerprint density at radius 2 is 1.17 bits per heavy atom. The maximum atomic E-state index is 2.37. The van der Waals surface area contributed by atoms with Crippen LogP contribution in [0.25, 0.3) is 22.3 Å². The van der Waals surface area contributed by atoms with Gasteiger partial charge in [0, 0.05) is 23.8 Å². The molecule has 4 aromatic carbocycles. The average Bonchev–Trinajstić information content (AvgIpc) is 3.29. The molecule has 0 bridgehead atoms. The Kier molecular flexibility index (Phi) is 6.46. The molecule has 0 fully saturated rings. The van der Waals surface area contributed by atoms with E-state index in [1.807, 2.05) is 0 Å².